The molecule has 0 aromatic rings. The summed E-state index contributed by atoms with van der Waals surface area (Å²) in [6.45, 7) is 6.33. The third kappa shape index (κ3) is 2.95. The summed E-state index contributed by atoms with van der Waals surface area (Å²) in [5, 5.41) is 3.41. The molecule has 92 valence electrons. The zero-order valence-electron chi connectivity index (χ0n) is 10.2. The fourth-order valence-corrected chi connectivity index (χ4v) is 2.26. The van der Waals surface area contributed by atoms with E-state index >= 15 is 0 Å². The summed E-state index contributed by atoms with van der Waals surface area (Å²) in [5.41, 5.74) is 0. The van der Waals surface area contributed by atoms with Crippen molar-refractivity contribution >= 4 is 5.91 Å². The van der Waals surface area contributed by atoms with E-state index in [9.17, 15) is 4.79 Å². The van der Waals surface area contributed by atoms with Crippen LogP contribution in [0.15, 0.2) is 0 Å². The zero-order valence-corrected chi connectivity index (χ0v) is 10.2. The number of likely N-dealkylation sites (tertiary alicyclic amines) is 1. The summed E-state index contributed by atoms with van der Waals surface area (Å²) in [6.07, 6.45) is 3.57. The second-order valence-electron chi connectivity index (χ2n) is 4.83. The van der Waals surface area contributed by atoms with Crippen molar-refractivity contribution in [1.29, 1.82) is 0 Å². The van der Waals surface area contributed by atoms with Gasteiger partial charge in [0.25, 0.3) is 0 Å². The van der Waals surface area contributed by atoms with E-state index in [-0.39, 0.29) is 18.1 Å². The summed E-state index contributed by atoms with van der Waals surface area (Å²) in [4.78, 5) is 13.9. The quantitative estimate of drug-likeness (QED) is 0.727. The maximum Gasteiger partial charge on any atom is 0.239 e. The molecule has 2 fully saturated rings. The molecule has 2 rings (SSSR count). The smallest absolute Gasteiger partial charge is 0.239 e. The number of hydrogen-bond donors (Lipinski definition) is 1. The fourth-order valence-electron chi connectivity index (χ4n) is 2.26. The van der Waals surface area contributed by atoms with Crippen LogP contribution < -0.4 is 5.32 Å². The van der Waals surface area contributed by atoms with E-state index in [4.69, 9.17) is 4.74 Å². The summed E-state index contributed by atoms with van der Waals surface area (Å²) >= 11 is 0. The Bertz CT molecular complexity index is 253. The van der Waals surface area contributed by atoms with E-state index < -0.39 is 0 Å². The van der Waals surface area contributed by atoms with Crippen molar-refractivity contribution in [2.75, 3.05) is 19.7 Å². The number of nitrogens with zero attached hydrogens (tertiary/aromatic N) is 1. The van der Waals surface area contributed by atoms with E-state index in [0.29, 0.717) is 12.6 Å². The summed E-state index contributed by atoms with van der Waals surface area (Å²) < 4.78 is 5.47. The van der Waals surface area contributed by atoms with Crippen molar-refractivity contribution in [3.8, 4) is 0 Å². The van der Waals surface area contributed by atoms with Crippen LogP contribution in [-0.2, 0) is 9.53 Å². The lowest BCUT2D eigenvalue weighted by Crippen LogP contribution is -2.41. The van der Waals surface area contributed by atoms with Gasteiger partial charge in [0, 0.05) is 25.7 Å². The lowest BCUT2D eigenvalue weighted by atomic mass is 10.2. The first-order chi connectivity index (χ1) is 7.70. The van der Waals surface area contributed by atoms with Gasteiger partial charge in [0.1, 0.15) is 0 Å². The number of nitrogens with one attached hydrogen (secondary N) is 1. The molecule has 0 aromatic carbocycles. The van der Waals surface area contributed by atoms with Gasteiger partial charge in [-0.25, -0.2) is 0 Å². The van der Waals surface area contributed by atoms with Crippen LogP contribution >= 0.6 is 0 Å². The fraction of sp³-hybridized carbons (Fsp3) is 0.917. The first kappa shape index (κ1) is 11.9. The van der Waals surface area contributed by atoms with Gasteiger partial charge in [-0.05, 0) is 33.1 Å². The molecule has 4 nitrogen and oxygen atoms in total. The Labute approximate surface area is 97.3 Å². The Hall–Kier alpha value is -0.610. The van der Waals surface area contributed by atoms with Crippen LogP contribution in [0, 0.1) is 0 Å². The van der Waals surface area contributed by atoms with E-state index in [1.165, 1.54) is 12.8 Å². The number of rotatable bonds is 6. The van der Waals surface area contributed by atoms with Crippen LogP contribution in [0.1, 0.15) is 33.1 Å². The van der Waals surface area contributed by atoms with E-state index in [0.717, 1.165) is 19.5 Å². The van der Waals surface area contributed by atoms with Crippen LogP contribution in [0.4, 0.5) is 0 Å². The first-order valence-electron chi connectivity index (χ1n) is 6.37. The van der Waals surface area contributed by atoms with Gasteiger partial charge >= 0.3 is 0 Å². The van der Waals surface area contributed by atoms with Gasteiger partial charge in [-0.2, -0.15) is 0 Å². The number of hydrogen-bond acceptors (Lipinski definition) is 3. The highest BCUT2D eigenvalue weighted by Gasteiger charge is 2.35. The Kier molecular flexibility index (Phi) is 3.82. The second-order valence-corrected chi connectivity index (χ2v) is 4.83. The number of amides is 1. The zero-order chi connectivity index (χ0) is 11.5. The average Bonchev–Trinajstić information content (AvgIpc) is 2.99. The Morgan fingerprint density at radius 1 is 1.50 bits per heavy atom. The normalized spacial score (nSPS) is 27.5. The van der Waals surface area contributed by atoms with Crippen molar-refractivity contribution in [3.63, 3.8) is 0 Å². The second kappa shape index (κ2) is 5.15. The predicted octanol–water partition coefficient (Wildman–Crippen LogP) is 0.764. The van der Waals surface area contributed by atoms with Crippen LogP contribution in [0.3, 0.4) is 0 Å². The molecule has 0 bridgehead atoms. The van der Waals surface area contributed by atoms with Crippen molar-refractivity contribution in [3.05, 3.63) is 0 Å². The van der Waals surface area contributed by atoms with E-state index in [2.05, 4.69) is 5.32 Å². The summed E-state index contributed by atoms with van der Waals surface area (Å²) in [6, 6.07) is 0.680. The Morgan fingerprint density at radius 2 is 2.25 bits per heavy atom. The largest absolute Gasteiger partial charge is 0.377 e. The molecule has 2 unspecified atom stereocenters. The van der Waals surface area contributed by atoms with Gasteiger partial charge in [-0.3, -0.25) is 4.79 Å². The molecule has 2 atom stereocenters. The third-order valence-electron chi connectivity index (χ3n) is 3.24. The minimum atomic E-state index is 0.0707. The number of carbonyl (C=O) groups excluding carboxylic acids is 1. The molecule has 1 saturated carbocycles. The highest BCUT2D eigenvalue weighted by molar-refractivity contribution is 5.84. The third-order valence-corrected chi connectivity index (χ3v) is 3.24. The molecule has 1 N–H and O–H groups in total. The maximum atomic E-state index is 12.0. The molecule has 0 spiro atoms. The highest BCUT2D eigenvalue weighted by atomic mass is 16.5. The Balaban J connectivity index is 1.76. The van der Waals surface area contributed by atoms with Crippen LogP contribution in [0.2, 0.25) is 0 Å². The molecule has 1 saturated heterocycles. The molecule has 1 aliphatic heterocycles. The number of carbonyl (C=O) groups is 1. The molecule has 1 heterocycles. The van der Waals surface area contributed by atoms with Gasteiger partial charge in [-0.15, -0.1) is 0 Å². The van der Waals surface area contributed by atoms with Gasteiger partial charge in [0.05, 0.1) is 12.1 Å². The number of ether oxygens (including phenoxy) is 1. The Morgan fingerprint density at radius 3 is 2.88 bits per heavy atom. The lowest BCUT2D eigenvalue weighted by Gasteiger charge is -2.21. The molecule has 1 aliphatic carbocycles. The molecule has 2 aliphatic rings. The minimum absolute atomic E-state index is 0.0707. The van der Waals surface area contributed by atoms with Gasteiger partial charge < -0.3 is 15.0 Å². The standard InChI is InChI=1S/C12H22N2O2/c1-3-16-9(2)8-14-7-6-11(12(14)15)13-10-4-5-10/h9-11,13H,3-8H2,1-2H3. The lowest BCUT2D eigenvalue weighted by molar-refractivity contribution is -0.131. The van der Waals surface area contributed by atoms with Gasteiger partial charge in [0.15, 0.2) is 0 Å². The summed E-state index contributed by atoms with van der Waals surface area (Å²) in [5.74, 6) is 0.262. The summed E-state index contributed by atoms with van der Waals surface area (Å²) in [7, 11) is 0. The minimum Gasteiger partial charge on any atom is -0.377 e. The van der Waals surface area contributed by atoms with Crippen molar-refractivity contribution in [1.82, 2.24) is 10.2 Å². The van der Waals surface area contributed by atoms with Crippen molar-refractivity contribution in [2.45, 2.75) is 51.3 Å². The van der Waals surface area contributed by atoms with E-state index in [1.54, 1.807) is 0 Å². The van der Waals surface area contributed by atoms with Gasteiger partial charge in [0.2, 0.25) is 5.91 Å². The molecule has 4 heteroatoms. The monoisotopic (exact) mass is 226 g/mol. The molecule has 1 amide bonds. The SMILES string of the molecule is CCOC(C)CN1CCC(NC2CC2)C1=O. The molecular weight excluding hydrogens is 204 g/mol. The molecular formula is C12H22N2O2. The predicted molar refractivity (Wildman–Crippen MR) is 62.2 cm³/mol. The van der Waals surface area contributed by atoms with Crippen LogP contribution in [0.25, 0.3) is 0 Å². The van der Waals surface area contributed by atoms with Crippen molar-refractivity contribution in [2.24, 2.45) is 0 Å². The van der Waals surface area contributed by atoms with Crippen molar-refractivity contribution < 1.29 is 9.53 Å². The molecule has 0 aromatic heterocycles. The maximum absolute atomic E-state index is 12.0. The van der Waals surface area contributed by atoms with Gasteiger partial charge in [-0.1, -0.05) is 0 Å². The van der Waals surface area contributed by atoms with Crippen LogP contribution in [0.5, 0.6) is 0 Å². The molecule has 0 radical (unpaired) electrons. The molecule has 16 heavy (non-hydrogen) atoms. The van der Waals surface area contributed by atoms with Crippen LogP contribution in [-0.4, -0.2) is 48.7 Å². The van der Waals surface area contributed by atoms with E-state index in [1.807, 2.05) is 18.7 Å². The first-order valence-corrected chi connectivity index (χ1v) is 6.37. The average molecular weight is 226 g/mol. The highest BCUT2D eigenvalue weighted by Crippen LogP contribution is 2.22. The topological polar surface area (TPSA) is 41.6 Å².